The van der Waals surface area contributed by atoms with E-state index in [0.29, 0.717) is 5.56 Å². The van der Waals surface area contributed by atoms with Gasteiger partial charge in [-0.3, -0.25) is 4.79 Å². The van der Waals surface area contributed by atoms with Gasteiger partial charge in [0.2, 0.25) is 0 Å². The molecule has 0 heterocycles. The van der Waals surface area contributed by atoms with Gasteiger partial charge in [-0.25, -0.2) is 8.42 Å². The molecule has 1 amide bonds. The third kappa shape index (κ3) is 4.09. The molecule has 106 valence electrons. The van der Waals surface area contributed by atoms with Crippen molar-refractivity contribution < 1.29 is 13.2 Å². The summed E-state index contributed by atoms with van der Waals surface area (Å²) in [4.78, 5) is 11.9. The highest BCUT2D eigenvalue weighted by atomic mass is 35.7. The standard InChI is InChI=1S/C12H15Cl2NO3S/c1-4-7(2)15-12(16)10-5-9(13)6-11(8(10)3)19(14,17)18/h5-7H,4H2,1-3H3,(H,15,16). The van der Waals surface area contributed by atoms with E-state index in [2.05, 4.69) is 5.32 Å². The molecule has 4 nitrogen and oxygen atoms in total. The second kappa shape index (κ2) is 6.11. The van der Waals surface area contributed by atoms with E-state index in [9.17, 15) is 13.2 Å². The molecule has 1 N–H and O–H groups in total. The monoisotopic (exact) mass is 323 g/mol. The average Bonchev–Trinajstić information content (AvgIpc) is 2.29. The molecule has 1 unspecified atom stereocenters. The van der Waals surface area contributed by atoms with Gasteiger partial charge >= 0.3 is 0 Å². The van der Waals surface area contributed by atoms with Gasteiger partial charge in [-0.15, -0.1) is 0 Å². The van der Waals surface area contributed by atoms with Gasteiger partial charge in [0.25, 0.3) is 15.0 Å². The fourth-order valence-corrected chi connectivity index (χ4v) is 3.05. The van der Waals surface area contributed by atoms with Crippen LogP contribution in [0.1, 0.15) is 36.2 Å². The second-order valence-corrected chi connectivity index (χ2v) is 7.27. The summed E-state index contributed by atoms with van der Waals surface area (Å²) in [6, 6.07) is 2.65. The molecule has 1 aromatic carbocycles. The van der Waals surface area contributed by atoms with E-state index < -0.39 is 9.05 Å². The molecule has 1 aromatic rings. The number of hydrogen-bond acceptors (Lipinski definition) is 3. The molecule has 0 saturated heterocycles. The number of benzene rings is 1. The van der Waals surface area contributed by atoms with Crippen molar-refractivity contribution >= 4 is 37.2 Å². The Labute approximate surface area is 122 Å². The van der Waals surface area contributed by atoms with Gasteiger partial charge in [-0.1, -0.05) is 18.5 Å². The maximum absolute atomic E-state index is 12.1. The van der Waals surface area contributed by atoms with Crippen molar-refractivity contribution in [1.82, 2.24) is 5.32 Å². The lowest BCUT2D eigenvalue weighted by molar-refractivity contribution is 0.0938. The first-order valence-corrected chi connectivity index (χ1v) is 8.41. The van der Waals surface area contributed by atoms with Gasteiger partial charge < -0.3 is 5.32 Å². The highest BCUT2D eigenvalue weighted by molar-refractivity contribution is 8.13. The summed E-state index contributed by atoms with van der Waals surface area (Å²) in [5, 5.41) is 2.91. The smallest absolute Gasteiger partial charge is 0.261 e. The Kier molecular flexibility index (Phi) is 5.24. The van der Waals surface area contributed by atoms with Crippen molar-refractivity contribution in [2.75, 3.05) is 0 Å². The first-order chi connectivity index (χ1) is 8.66. The fourth-order valence-electron chi connectivity index (χ4n) is 1.55. The van der Waals surface area contributed by atoms with Gasteiger partial charge in [0.15, 0.2) is 0 Å². The minimum atomic E-state index is -3.94. The summed E-state index contributed by atoms with van der Waals surface area (Å²) in [5.74, 6) is -0.365. The van der Waals surface area contributed by atoms with Crippen LogP contribution in [0.4, 0.5) is 0 Å². The van der Waals surface area contributed by atoms with Gasteiger partial charge in [0.1, 0.15) is 0 Å². The zero-order valence-electron chi connectivity index (χ0n) is 10.8. The minimum Gasteiger partial charge on any atom is -0.350 e. The van der Waals surface area contributed by atoms with Crippen LogP contribution >= 0.6 is 22.3 Å². The summed E-state index contributed by atoms with van der Waals surface area (Å²) < 4.78 is 22.9. The molecule has 1 atom stereocenters. The molecular weight excluding hydrogens is 309 g/mol. The molecule has 0 aliphatic carbocycles. The second-order valence-electron chi connectivity index (χ2n) is 4.30. The molecule has 0 fully saturated rings. The zero-order chi connectivity index (χ0) is 14.8. The fraction of sp³-hybridized carbons (Fsp3) is 0.417. The van der Waals surface area contributed by atoms with Crippen LogP contribution in [-0.2, 0) is 9.05 Å². The Morgan fingerprint density at radius 1 is 1.42 bits per heavy atom. The topological polar surface area (TPSA) is 63.2 Å². The van der Waals surface area contributed by atoms with E-state index in [1.54, 1.807) is 0 Å². The zero-order valence-corrected chi connectivity index (χ0v) is 13.2. The normalized spacial score (nSPS) is 13.1. The molecule has 7 heteroatoms. The molecule has 0 aliphatic rings. The number of carbonyl (C=O) groups is 1. The summed E-state index contributed by atoms with van der Waals surface area (Å²) in [5.41, 5.74) is 0.507. The number of nitrogens with one attached hydrogen (secondary N) is 1. The molecule has 19 heavy (non-hydrogen) atoms. The van der Waals surface area contributed by atoms with Crippen LogP contribution in [0, 0.1) is 6.92 Å². The maximum Gasteiger partial charge on any atom is 0.261 e. The molecule has 0 spiro atoms. The highest BCUT2D eigenvalue weighted by Crippen LogP contribution is 2.27. The van der Waals surface area contributed by atoms with Gasteiger partial charge in [0.05, 0.1) is 4.90 Å². The van der Waals surface area contributed by atoms with Crippen molar-refractivity contribution in [3.05, 3.63) is 28.3 Å². The molecule has 1 rings (SSSR count). The van der Waals surface area contributed by atoms with Crippen LogP contribution in [0.25, 0.3) is 0 Å². The van der Waals surface area contributed by atoms with Crippen molar-refractivity contribution in [3.63, 3.8) is 0 Å². The van der Waals surface area contributed by atoms with Crippen LogP contribution < -0.4 is 5.32 Å². The van der Waals surface area contributed by atoms with E-state index in [4.69, 9.17) is 22.3 Å². The Morgan fingerprint density at radius 3 is 2.47 bits per heavy atom. The molecule has 0 saturated carbocycles. The van der Waals surface area contributed by atoms with Crippen LogP contribution in [0.2, 0.25) is 5.02 Å². The highest BCUT2D eigenvalue weighted by Gasteiger charge is 2.21. The predicted molar refractivity (Wildman–Crippen MR) is 76.4 cm³/mol. The summed E-state index contributed by atoms with van der Waals surface area (Å²) >= 11 is 5.84. The van der Waals surface area contributed by atoms with E-state index >= 15 is 0 Å². The Morgan fingerprint density at radius 2 is 2.00 bits per heavy atom. The van der Waals surface area contributed by atoms with Crippen LogP contribution in [0.3, 0.4) is 0 Å². The SMILES string of the molecule is CCC(C)NC(=O)c1cc(Cl)cc(S(=O)(=O)Cl)c1C. The Hall–Kier alpha value is -0.780. The minimum absolute atomic E-state index is 0.0121. The first kappa shape index (κ1) is 16.3. The van der Waals surface area contributed by atoms with Gasteiger partial charge in [0, 0.05) is 27.3 Å². The first-order valence-electron chi connectivity index (χ1n) is 5.72. The van der Waals surface area contributed by atoms with Crippen molar-refractivity contribution in [2.24, 2.45) is 0 Å². The van der Waals surface area contributed by atoms with Gasteiger partial charge in [-0.2, -0.15) is 0 Å². The maximum atomic E-state index is 12.1. The largest absolute Gasteiger partial charge is 0.350 e. The van der Waals surface area contributed by atoms with E-state index in [-0.39, 0.29) is 27.4 Å². The number of halogens is 2. The lowest BCUT2D eigenvalue weighted by atomic mass is 10.1. The number of amides is 1. The summed E-state index contributed by atoms with van der Waals surface area (Å²) in [6.07, 6.45) is 0.770. The summed E-state index contributed by atoms with van der Waals surface area (Å²) in [7, 11) is 1.39. The van der Waals surface area contributed by atoms with Crippen LogP contribution in [-0.4, -0.2) is 20.4 Å². The van der Waals surface area contributed by atoms with Crippen LogP contribution in [0.15, 0.2) is 17.0 Å². The summed E-state index contributed by atoms with van der Waals surface area (Å²) in [6.45, 7) is 5.32. The third-order valence-corrected chi connectivity index (χ3v) is 4.49. The molecular formula is C12H15Cl2NO3S. The van der Waals surface area contributed by atoms with Gasteiger partial charge in [-0.05, 0) is 38.0 Å². The third-order valence-electron chi connectivity index (χ3n) is 2.82. The van der Waals surface area contributed by atoms with Crippen LogP contribution in [0.5, 0.6) is 0 Å². The molecule has 0 aliphatic heterocycles. The average molecular weight is 324 g/mol. The Bertz CT molecular complexity index is 599. The Balaban J connectivity index is 3.30. The van der Waals surface area contributed by atoms with E-state index in [1.807, 2.05) is 13.8 Å². The lowest BCUT2D eigenvalue weighted by Gasteiger charge is -2.14. The molecule has 0 aromatic heterocycles. The number of carbonyl (C=O) groups excluding carboxylic acids is 1. The number of hydrogen-bond donors (Lipinski definition) is 1. The van der Waals surface area contributed by atoms with Crippen molar-refractivity contribution in [1.29, 1.82) is 0 Å². The van der Waals surface area contributed by atoms with Crippen molar-refractivity contribution in [3.8, 4) is 0 Å². The number of rotatable bonds is 4. The van der Waals surface area contributed by atoms with E-state index in [0.717, 1.165) is 6.42 Å². The molecule has 0 radical (unpaired) electrons. The molecule has 0 bridgehead atoms. The van der Waals surface area contributed by atoms with E-state index in [1.165, 1.54) is 19.1 Å². The lowest BCUT2D eigenvalue weighted by Crippen LogP contribution is -2.32. The quantitative estimate of drug-likeness (QED) is 0.866. The predicted octanol–water partition coefficient (Wildman–Crippen LogP) is 3.10. The van der Waals surface area contributed by atoms with Crippen molar-refractivity contribution in [2.45, 2.75) is 38.1 Å².